The van der Waals surface area contributed by atoms with Crippen LogP contribution >= 0.6 is 0 Å². The van der Waals surface area contributed by atoms with Gasteiger partial charge in [-0.25, -0.2) is 8.42 Å². The van der Waals surface area contributed by atoms with E-state index in [-0.39, 0.29) is 17.6 Å². The molecule has 3 nitrogen and oxygen atoms in total. The van der Waals surface area contributed by atoms with Crippen molar-refractivity contribution in [3.63, 3.8) is 0 Å². The summed E-state index contributed by atoms with van der Waals surface area (Å²) < 4.78 is 27.2. The summed E-state index contributed by atoms with van der Waals surface area (Å²) in [5.41, 5.74) is 1.17. The lowest BCUT2D eigenvalue weighted by Gasteiger charge is -2.26. The lowest BCUT2D eigenvalue weighted by atomic mass is 10.2. The van der Waals surface area contributed by atoms with E-state index < -0.39 is 9.84 Å². The second-order valence-corrected chi connectivity index (χ2v) is 5.78. The molecule has 0 amide bonds. The van der Waals surface area contributed by atoms with Crippen LogP contribution in [0.2, 0.25) is 0 Å². The smallest absolute Gasteiger partial charge is 0.157 e. The first kappa shape index (κ1) is 9.52. The summed E-state index contributed by atoms with van der Waals surface area (Å²) in [6, 6.07) is 7.62. The van der Waals surface area contributed by atoms with Gasteiger partial charge in [0.1, 0.15) is 11.9 Å². The minimum absolute atomic E-state index is 0.150. The summed E-state index contributed by atoms with van der Waals surface area (Å²) >= 11 is 0. The first-order chi connectivity index (χ1) is 6.55. The molecule has 1 saturated heterocycles. The zero-order valence-electron chi connectivity index (χ0n) is 7.93. The normalized spacial score (nSPS) is 20.1. The predicted molar refractivity (Wildman–Crippen MR) is 54.2 cm³/mol. The van der Waals surface area contributed by atoms with Gasteiger partial charge in [0.2, 0.25) is 0 Å². The highest BCUT2D eigenvalue weighted by Crippen LogP contribution is 2.19. The van der Waals surface area contributed by atoms with Gasteiger partial charge in [-0.1, -0.05) is 17.7 Å². The fourth-order valence-corrected chi connectivity index (χ4v) is 2.57. The van der Waals surface area contributed by atoms with E-state index in [2.05, 4.69) is 0 Å². The fourth-order valence-electron chi connectivity index (χ4n) is 1.39. The Kier molecular flexibility index (Phi) is 2.23. The van der Waals surface area contributed by atoms with Gasteiger partial charge in [-0.15, -0.1) is 0 Å². The number of sulfone groups is 1. The highest BCUT2D eigenvalue weighted by molar-refractivity contribution is 7.92. The third-order valence-corrected chi connectivity index (χ3v) is 3.96. The number of hydrogen-bond donors (Lipinski definition) is 0. The number of aryl methyl sites for hydroxylation is 1. The van der Waals surface area contributed by atoms with Crippen LogP contribution in [0, 0.1) is 6.92 Å². The van der Waals surface area contributed by atoms with Crippen LogP contribution in [0.5, 0.6) is 5.75 Å². The van der Waals surface area contributed by atoms with E-state index in [9.17, 15) is 8.42 Å². The van der Waals surface area contributed by atoms with E-state index >= 15 is 0 Å². The first-order valence-corrected chi connectivity index (χ1v) is 6.31. The van der Waals surface area contributed by atoms with Crippen LogP contribution in [0.1, 0.15) is 5.56 Å². The molecule has 14 heavy (non-hydrogen) atoms. The third-order valence-electron chi connectivity index (χ3n) is 2.20. The Bertz CT molecular complexity index is 407. The average Bonchev–Trinajstić information content (AvgIpc) is 2.06. The minimum Gasteiger partial charge on any atom is -0.488 e. The van der Waals surface area contributed by atoms with Gasteiger partial charge in [-0.05, 0) is 19.1 Å². The summed E-state index contributed by atoms with van der Waals surface area (Å²) in [6.07, 6.45) is -0.150. The number of benzene rings is 1. The summed E-state index contributed by atoms with van der Waals surface area (Å²) in [5, 5.41) is 0. The van der Waals surface area contributed by atoms with Gasteiger partial charge in [0.25, 0.3) is 0 Å². The molecule has 0 spiro atoms. The van der Waals surface area contributed by atoms with Crippen molar-refractivity contribution >= 4 is 9.84 Å². The lowest BCUT2D eigenvalue weighted by molar-refractivity contribution is 0.230. The maximum atomic E-state index is 10.9. The van der Waals surface area contributed by atoms with Crippen LogP contribution in [0.15, 0.2) is 24.3 Å². The van der Waals surface area contributed by atoms with E-state index in [0.717, 1.165) is 5.75 Å². The molecule has 0 radical (unpaired) electrons. The van der Waals surface area contributed by atoms with Crippen molar-refractivity contribution in [2.24, 2.45) is 0 Å². The molecule has 76 valence electrons. The van der Waals surface area contributed by atoms with E-state index in [0.29, 0.717) is 0 Å². The highest BCUT2D eigenvalue weighted by atomic mass is 32.2. The van der Waals surface area contributed by atoms with Crippen LogP contribution in [-0.4, -0.2) is 26.0 Å². The van der Waals surface area contributed by atoms with Crippen LogP contribution in [0.3, 0.4) is 0 Å². The molecule has 1 fully saturated rings. The molecule has 0 bridgehead atoms. The van der Waals surface area contributed by atoms with Crippen LogP contribution in [0.25, 0.3) is 0 Å². The third kappa shape index (κ3) is 2.07. The molecule has 0 saturated carbocycles. The van der Waals surface area contributed by atoms with Crippen molar-refractivity contribution < 1.29 is 13.2 Å². The molecule has 1 aliphatic heterocycles. The molecule has 4 heteroatoms. The van der Waals surface area contributed by atoms with E-state index in [1.165, 1.54) is 5.56 Å². The maximum Gasteiger partial charge on any atom is 0.157 e. The SMILES string of the molecule is Cc1ccc(OC2CS(=O)(=O)C2)cc1. The molecular weight excluding hydrogens is 200 g/mol. The van der Waals surface area contributed by atoms with Crippen molar-refractivity contribution in [2.45, 2.75) is 13.0 Å². The highest BCUT2D eigenvalue weighted by Gasteiger charge is 2.35. The number of hydrogen-bond acceptors (Lipinski definition) is 3. The second-order valence-electron chi connectivity index (χ2n) is 3.63. The summed E-state index contributed by atoms with van der Waals surface area (Å²) in [6.45, 7) is 2.00. The Balaban J connectivity index is 1.97. The Morgan fingerprint density at radius 3 is 2.29 bits per heavy atom. The van der Waals surface area contributed by atoms with Crippen LogP contribution in [0.4, 0.5) is 0 Å². The summed E-state index contributed by atoms with van der Waals surface area (Å²) in [4.78, 5) is 0. The molecule has 0 aromatic heterocycles. The maximum absolute atomic E-state index is 10.9. The van der Waals surface area contributed by atoms with Gasteiger partial charge in [0.05, 0.1) is 11.5 Å². The van der Waals surface area contributed by atoms with Crippen LogP contribution < -0.4 is 4.74 Å². The van der Waals surface area contributed by atoms with E-state index in [1.807, 2.05) is 31.2 Å². The summed E-state index contributed by atoms with van der Waals surface area (Å²) in [5.74, 6) is 1.05. The Morgan fingerprint density at radius 2 is 1.79 bits per heavy atom. The average molecular weight is 212 g/mol. The number of ether oxygens (including phenoxy) is 1. The molecule has 0 N–H and O–H groups in total. The van der Waals surface area contributed by atoms with Crippen molar-refractivity contribution in [3.8, 4) is 5.75 Å². The molecular formula is C10H12O3S. The van der Waals surface area contributed by atoms with Gasteiger partial charge < -0.3 is 4.74 Å². The second kappa shape index (κ2) is 3.28. The predicted octanol–water partition coefficient (Wildman–Crippen LogP) is 1.17. The zero-order chi connectivity index (χ0) is 10.2. The molecule has 1 heterocycles. The molecule has 1 aromatic rings. The number of rotatable bonds is 2. The molecule has 2 rings (SSSR count). The standard InChI is InChI=1S/C10H12O3S/c1-8-2-4-9(5-3-8)13-10-6-14(11,12)7-10/h2-5,10H,6-7H2,1H3. The van der Waals surface area contributed by atoms with Crippen molar-refractivity contribution in [1.29, 1.82) is 0 Å². The van der Waals surface area contributed by atoms with Crippen molar-refractivity contribution in [2.75, 3.05) is 11.5 Å². The van der Waals surface area contributed by atoms with Crippen LogP contribution in [-0.2, 0) is 9.84 Å². The van der Waals surface area contributed by atoms with Gasteiger partial charge in [0.15, 0.2) is 9.84 Å². The van der Waals surface area contributed by atoms with Gasteiger partial charge in [0, 0.05) is 0 Å². The zero-order valence-corrected chi connectivity index (χ0v) is 8.75. The Morgan fingerprint density at radius 1 is 1.21 bits per heavy atom. The van der Waals surface area contributed by atoms with E-state index in [1.54, 1.807) is 0 Å². The topological polar surface area (TPSA) is 43.4 Å². The van der Waals surface area contributed by atoms with Crippen molar-refractivity contribution in [3.05, 3.63) is 29.8 Å². The lowest BCUT2D eigenvalue weighted by Crippen LogP contribution is -2.45. The summed E-state index contributed by atoms with van der Waals surface area (Å²) in [7, 11) is -2.78. The largest absolute Gasteiger partial charge is 0.488 e. The van der Waals surface area contributed by atoms with Gasteiger partial charge in [-0.2, -0.15) is 0 Å². The molecule has 1 aliphatic rings. The monoisotopic (exact) mass is 212 g/mol. The minimum atomic E-state index is -2.78. The Hall–Kier alpha value is -1.03. The van der Waals surface area contributed by atoms with Gasteiger partial charge >= 0.3 is 0 Å². The quantitative estimate of drug-likeness (QED) is 0.739. The molecule has 0 unspecified atom stereocenters. The molecule has 0 aliphatic carbocycles. The Labute approximate surface area is 83.6 Å². The molecule has 1 aromatic carbocycles. The fraction of sp³-hybridized carbons (Fsp3) is 0.400. The first-order valence-electron chi connectivity index (χ1n) is 4.49. The molecule has 0 atom stereocenters. The van der Waals surface area contributed by atoms with Crippen molar-refractivity contribution in [1.82, 2.24) is 0 Å². The van der Waals surface area contributed by atoms with E-state index in [4.69, 9.17) is 4.74 Å². The van der Waals surface area contributed by atoms with Gasteiger partial charge in [-0.3, -0.25) is 0 Å².